The molecule has 0 aromatic heterocycles. The summed E-state index contributed by atoms with van der Waals surface area (Å²) in [6, 6.07) is -2.42. The molecule has 16 nitrogen and oxygen atoms in total. The van der Waals surface area contributed by atoms with E-state index in [1.54, 1.807) is 41.5 Å². The van der Waals surface area contributed by atoms with Crippen LogP contribution in [0.1, 0.15) is 113 Å². The molecule has 4 unspecified atom stereocenters. The Kier molecular flexibility index (Phi) is 19.1. The molecule has 7 N–H and O–H groups in total. The fraction of sp³-hybridized carbons (Fsp3) is 0.781. The largest absolute Gasteiger partial charge is 0.481 e. The minimum absolute atomic E-state index is 0.00789. The summed E-state index contributed by atoms with van der Waals surface area (Å²) in [5.41, 5.74) is -1.24. The van der Waals surface area contributed by atoms with Gasteiger partial charge in [0.25, 0.3) is 0 Å². The first kappa shape index (κ1) is 45.2. The molecule has 4 atom stereocenters. The monoisotopic (exact) mass is 720 g/mol. The summed E-state index contributed by atoms with van der Waals surface area (Å²) in [6.07, 6.45) is 0.188. The fourth-order valence-electron chi connectivity index (χ4n) is 5.89. The van der Waals surface area contributed by atoms with Crippen molar-refractivity contribution in [2.45, 2.75) is 125 Å². The van der Waals surface area contributed by atoms with Crippen LogP contribution in [0, 0.1) is 22.7 Å². The summed E-state index contributed by atoms with van der Waals surface area (Å²) in [5.74, 6) is -6.46. The number of carbonyl (C=O) groups is 7. The van der Waals surface area contributed by atoms with Crippen molar-refractivity contribution in [2.24, 2.45) is 22.7 Å². The smallest absolute Gasteiger partial charge is 0.326 e. The van der Waals surface area contributed by atoms with Crippen molar-refractivity contribution in [2.75, 3.05) is 12.3 Å². The van der Waals surface area contributed by atoms with Crippen LogP contribution >= 0.6 is 0 Å². The van der Waals surface area contributed by atoms with E-state index in [1.165, 1.54) is 0 Å². The quantitative estimate of drug-likeness (QED) is 0.0714. The topological polar surface area (TPSA) is 262 Å². The van der Waals surface area contributed by atoms with Gasteiger partial charge in [0, 0.05) is 32.2 Å². The van der Waals surface area contributed by atoms with Gasteiger partial charge in [-0.05, 0) is 54.8 Å². The van der Waals surface area contributed by atoms with E-state index in [1.807, 2.05) is 11.6 Å². The van der Waals surface area contributed by atoms with E-state index in [4.69, 9.17) is 10.2 Å². The molecular formula is C32H56N4O12S. The highest BCUT2D eigenvalue weighted by molar-refractivity contribution is 7.90. The molecule has 0 spiro atoms. The van der Waals surface area contributed by atoms with Crippen LogP contribution in [0.3, 0.4) is 0 Å². The molecule has 4 amide bonds. The fourth-order valence-corrected chi connectivity index (χ4v) is 6.93. The molecule has 49 heavy (non-hydrogen) atoms. The molecule has 0 aromatic carbocycles. The van der Waals surface area contributed by atoms with Crippen LogP contribution in [0.5, 0.6) is 0 Å². The molecule has 0 aromatic rings. The van der Waals surface area contributed by atoms with E-state index in [2.05, 4.69) is 16.0 Å². The van der Waals surface area contributed by atoms with E-state index >= 15 is 0 Å². The Morgan fingerprint density at radius 1 is 0.714 bits per heavy atom. The number of carbonyl (C=O) groups excluding carboxylic acids is 4. The van der Waals surface area contributed by atoms with E-state index in [0.29, 0.717) is 12.8 Å². The summed E-state index contributed by atoms with van der Waals surface area (Å²) in [5, 5.41) is 35.0. The van der Waals surface area contributed by atoms with Crippen LogP contribution in [0.2, 0.25) is 0 Å². The number of carboxylic acids is 3. The molecule has 0 aliphatic carbocycles. The molecule has 0 radical (unpaired) electrons. The average molecular weight is 721 g/mol. The van der Waals surface area contributed by atoms with Gasteiger partial charge in [0.1, 0.15) is 12.1 Å². The highest BCUT2D eigenvalue weighted by Gasteiger charge is 2.33. The molecule has 17 heteroatoms. The third-order valence-electron chi connectivity index (χ3n) is 7.63. The standard InChI is InChI=1S/C32H56N4O12S/c1-8-22(29(43)44)34-25(38)12-11-23(30(45)46)35-26(39)15-20(2)14-21(3)18-33-24(37)10-9-13-49(47,48)36-27(40)16-31(4,5)19-32(6,7)17-28(41)42/h20-23H,8-19H2,1-7H3,(H,33,37)(H,34,38)(H,35,39)(H,36,40)(H,41,42)(H,43,44)(H,45,46). The van der Waals surface area contributed by atoms with E-state index in [0.717, 1.165) is 0 Å². The molecule has 0 heterocycles. The zero-order valence-electron chi connectivity index (χ0n) is 29.7. The molecule has 0 bridgehead atoms. The molecule has 0 saturated carbocycles. The van der Waals surface area contributed by atoms with Crippen molar-refractivity contribution >= 4 is 51.6 Å². The Balaban J connectivity index is 4.58. The number of aliphatic carboxylic acids is 3. The van der Waals surface area contributed by atoms with Crippen LogP contribution in [-0.2, 0) is 43.6 Å². The lowest BCUT2D eigenvalue weighted by Gasteiger charge is -2.33. The summed E-state index contributed by atoms with van der Waals surface area (Å²) in [4.78, 5) is 83.0. The molecule has 282 valence electrons. The van der Waals surface area contributed by atoms with Crippen LogP contribution in [-0.4, -0.2) is 89.7 Å². The number of nitrogens with one attached hydrogen (secondary N) is 4. The summed E-state index contributed by atoms with van der Waals surface area (Å²) >= 11 is 0. The number of sulfonamides is 1. The number of carboxylic acid groups (broad SMARTS) is 3. The summed E-state index contributed by atoms with van der Waals surface area (Å²) < 4.78 is 26.9. The number of hydrogen-bond donors (Lipinski definition) is 7. The second-order valence-corrected chi connectivity index (χ2v) is 16.4. The second kappa shape index (κ2) is 20.7. The van der Waals surface area contributed by atoms with Gasteiger partial charge in [-0.25, -0.2) is 18.0 Å². The van der Waals surface area contributed by atoms with E-state index in [-0.39, 0.29) is 75.7 Å². The van der Waals surface area contributed by atoms with Crippen molar-refractivity contribution < 1.29 is 57.3 Å². The highest BCUT2D eigenvalue weighted by atomic mass is 32.2. The van der Waals surface area contributed by atoms with Gasteiger partial charge in [-0.1, -0.05) is 48.5 Å². The van der Waals surface area contributed by atoms with Crippen molar-refractivity contribution in [3.63, 3.8) is 0 Å². The van der Waals surface area contributed by atoms with Gasteiger partial charge in [-0.3, -0.25) is 28.7 Å². The van der Waals surface area contributed by atoms with Crippen LogP contribution < -0.4 is 20.7 Å². The zero-order chi connectivity index (χ0) is 38.2. The van der Waals surface area contributed by atoms with Gasteiger partial charge in [-0.2, -0.15) is 0 Å². The van der Waals surface area contributed by atoms with Gasteiger partial charge < -0.3 is 31.3 Å². The first-order valence-corrected chi connectivity index (χ1v) is 18.1. The van der Waals surface area contributed by atoms with Crippen molar-refractivity contribution in [3.05, 3.63) is 0 Å². The highest BCUT2D eigenvalue weighted by Crippen LogP contribution is 2.38. The van der Waals surface area contributed by atoms with Crippen molar-refractivity contribution in [1.82, 2.24) is 20.7 Å². The first-order valence-electron chi connectivity index (χ1n) is 16.4. The van der Waals surface area contributed by atoms with Gasteiger partial charge >= 0.3 is 17.9 Å². The van der Waals surface area contributed by atoms with Gasteiger partial charge in [-0.15, -0.1) is 0 Å². The van der Waals surface area contributed by atoms with Crippen molar-refractivity contribution in [1.29, 1.82) is 0 Å². The first-order chi connectivity index (χ1) is 22.4. The van der Waals surface area contributed by atoms with Crippen LogP contribution in [0.15, 0.2) is 0 Å². The molecular weight excluding hydrogens is 664 g/mol. The third-order valence-corrected chi connectivity index (χ3v) is 9.00. The summed E-state index contributed by atoms with van der Waals surface area (Å²) in [7, 11) is -3.99. The van der Waals surface area contributed by atoms with Gasteiger partial charge in [0.15, 0.2) is 0 Å². The maximum Gasteiger partial charge on any atom is 0.326 e. The predicted octanol–water partition coefficient (Wildman–Crippen LogP) is 2.02. The van der Waals surface area contributed by atoms with E-state index < -0.39 is 74.3 Å². The molecule has 0 saturated heterocycles. The third kappa shape index (κ3) is 21.8. The van der Waals surface area contributed by atoms with E-state index in [9.17, 15) is 47.1 Å². The predicted molar refractivity (Wildman–Crippen MR) is 179 cm³/mol. The average Bonchev–Trinajstić information content (AvgIpc) is 2.89. The zero-order valence-corrected chi connectivity index (χ0v) is 30.5. The maximum absolute atomic E-state index is 12.5. The molecule has 0 aliphatic rings. The Morgan fingerprint density at radius 3 is 1.80 bits per heavy atom. The minimum atomic E-state index is -3.99. The van der Waals surface area contributed by atoms with Gasteiger partial charge in [0.05, 0.1) is 12.2 Å². The minimum Gasteiger partial charge on any atom is -0.481 e. The lowest BCUT2D eigenvalue weighted by molar-refractivity contribution is -0.143. The lowest BCUT2D eigenvalue weighted by atomic mass is 9.72. The lowest BCUT2D eigenvalue weighted by Crippen LogP contribution is -2.44. The molecule has 0 fully saturated rings. The Morgan fingerprint density at radius 2 is 1.27 bits per heavy atom. The summed E-state index contributed by atoms with van der Waals surface area (Å²) in [6.45, 7) is 12.5. The number of amides is 4. The second-order valence-electron chi connectivity index (χ2n) is 14.5. The van der Waals surface area contributed by atoms with Crippen LogP contribution in [0.25, 0.3) is 0 Å². The Labute approximate surface area is 289 Å². The Bertz CT molecular complexity index is 1280. The maximum atomic E-state index is 12.5. The molecule has 0 aliphatic heterocycles. The number of hydrogen-bond acceptors (Lipinski definition) is 9. The van der Waals surface area contributed by atoms with Crippen LogP contribution in [0.4, 0.5) is 0 Å². The van der Waals surface area contributed by atoms with Crippen molar-refractivity contribution in [3.8, 4) is 0 Å². The Hall–Kier alpha value is -3.76. The SMILES string of the molecule is CCC(NC(=O)CCC(NC(=O)CC(C)CC(C)CNC(=O)CCCS(=O)(=O)NC(=O)CC(C)(C)CC(C)(C)CC(=O)O)C(=O)O)C(=O)O. The molecule has 0 rings (SSSR count). The normalized spacial score (nSPS) is 14.4. The number of rotatable bonds is 25. The van der Waals surface area contributed by atoms with Gasteiger partial charge in [0.2, 0.25) is 33.7 Å².